The molecule has 0 aliphatic rings. The van der Waals surface area contributed by atoms with E-state index in [1.54, 1.807) is 38.3 Å². The lowest BCUT2D eigenvalue weighted by atomic mass is 10.3. The fourth-order valence-electron chi connectivity index (χ4n) is 1.28. The van der Waals surface area contributed by atoms with Crippen LogP contribution in [0.1, 0.15) is 13.3 Å². The lowest BCUT2D eigenvalue weighted by molar-refractivity contribution is -0.122. The fraction of sp³-hybridized carbons (Fsp3) is 0.462. The van der Waals surface area contributed by atoms with Crippen LogP contribution in [0.25, 0.3) is 0 Å². The highest BCUT2D eigenvalue weighted by Gasteiger charge is 2.03. The van der Waals surface area contributed by atoms with Gasteiger partial charge in [-0.3, -0.25) is 4.79 Å². The summed E-state index contributed by atoms with van der Waals surface area (Å²) in [6.07, 6.45) is -0.268. The standard InChI is InChI=1S/C13H19NO4/c1-10(15)9-14-13(16)7-8-18-12-5-3-11(17-2)4-6-12/h3-6,10,15H,7-9H2,1-2H3,(H,14,16)/t10-/m0/s1. The predicted octanol–water partition coefficient (Wildman–Crippen LogP) is 0.961. The number of aliphatic hydroxyl groups is 1. The van der Waals surface area contributed by atoms with Crippen LogP contribution in [0.2, 0.25) is 0 Å². The van der Waals surface area contributed by atoms with Crippen molar-refractivity contribution in [3.63, 3.8) is 0 Å². The van der Waals surface area contributed by atoms with E-state index in [2.05, 4.69) is 5.32 Å². The largest absolute Gasteiger partial charge is 0.497 e. The molecule has 0 aromatic heterocycles. The molecule has 1 aromatic rings. The Balaban J connectivity index is 2.22. The van der Waals surface area contributed by atoms with Crippen molar-refractivity contribution in [2.75, 3.05) is 20.3 Å². The summed E-state index contributed by atoms with van der Waals surface area (Å²) in [5, 5.41) is 11.6. The van der Waals surface area contributed by atoms with Gasteiger partial charge in [-0.1, -0.05) is 0 Å². The lowest BCUT2D eigenvalue weighted by Gasteiger charge is -2.08. The Morgan fingerprint density at radius 3 is 2.50 bits per heavy atom. The van der Waals surface area contributed by atoms with Crippen LogP contribution in [0.5, 0.6) is 11.5 Å². The number of hydrogen-bond donors (Lipinski definition) is 2. The van der Waals surface area contributed by atoms with E-state index in [0.717, 1.165) is 5.75 Å². The molecule has 0 saturated heterocycles. The van der Waals surface area contributed by atoms with E-state index in [1.165, 1.54) is 0 Å². The van der Waals surface area contributed by atoms with E-state index in [0.29, 0.717) is 12.4 Å². The van der Waals surface area contributed by atoms with E-state index >= 15 is 0 Å². The molecule has 5 heteroatoms. The highest BCUT2D eigenvalue weighted by molar-refractivity contribution is 5.75. The first-order chi connectivity index (χ1) is 8.61. The maximum absolute atomic E-state index is 11.3. The van der Waals surface area contributed by atoms with Gasteiger partial charge in [-0.2, -0.15) is 0 Å². The van der Waals surface area contributed by atoms with Crippen molar-refractivity contribution in [3.8, 4) is 11.5 Å². The summed E-state index contributed by atoms with van der Waals surface area (Å²) in [5.74, 6) is 1.32. The van der Waals surface area contributed by atoms with Crippen LogP contribution in [0.15, 0.2) is 24.3 Å². The van der Waals surface area contributed by atoms with E-state index in [1.807, 2.05) is 0 Å². The highest BCUT2D eigenvalue weighted by atomic mass is 16.5. The molecule has 1 aromatic carbocycles. The molecule has 0 heterocycles. The number of benzene rings is 1. The summed E-state index contributed by atoms with van der Waals surface area (Å²) in [6, 6.07) is 7.16. The Labute approximate surface area is 107 Å². The lowest BCUT2D eigenvalue weighted by Crippen LogP contribution is -2.31. The maximum Gasteiger partial charge on any atom is 0.223 e. The van der Waals surface area contributed by atoms with Crippen LogP contribution in [0.3, 0.4) is 0 Å². The number of ether oxygens (including phenoxy) is 2. The molecule has 1 rings (SSSR count). The molecule has 1 atom stereocenters. The number of carbonyl (C=O) groups excluding carboxylic acids is 1. The van der Waals surface area contributed by atoms with Gasteiger partial charge in [-0.05, 0) is 31.2 Å². The van der Waals surface area contributed by atoms with Crippen molar-refractivity contribution in [2.45, 2.75) is 19.4 Å². The Bertz CT molecular complexity index is 362. The zero-order valence-electron chi connectivity index (χ0n) is 10.7. The number of carbonyl (C=O) groups is 1. The second-order valence-electron chi connectivity index (χ2n) is 3.93. The number of nitrogens with one attached hydrogen (secondary N) is 1. The number of methoxy groups -OCH3 is 1. The quantitative estimate of drug-likeness (QED) is 0.759. The molecule has 5 nitrogen and oxygen atoms in total. The van der Waals surface area contributed by atoms with Gasteiger partial charge in [-0.25, -0.2) is 0 Å². The van der Waals surface area contributed by atoms with E-state index in [9.17, 15) is 4.79 Å². The number of amides is 1. The number of rotatable bonds is 7. The fourth-order valence-corrected chi connectivity index (χ4v) is 1.28. The first-order valence-electron chi connectivity index (χ1n) is 5.83. The Hall–Kier alpha value is -1.75. The second-order valence-corrected chi connectivity index (χ2v) is 3.93. The third-order valence-electron chi connectivity index (χ3n) is 2.25. The summed E-state index contributed by atoms with van der Waals surface area (Å²) in [4.78, 5) is 11.3. The summed E-state index contributed by atoms with van der Waals surface area (Å²) >= 11 is 0. The van der Waals surface area contributed by atoms with Gasteiger partial charge in [0.1, 0.15) is 11.5 Å². The minimum Gasteiger partial charge on any atom is -0.497 e. The van der Waals surface area contributed by atoms with Crippen molar-refractivity contribution in [1.29, 1.82) is 0 Å². The van der Waals surface area contributed by atoms with E-state index in [-0.39, 0.29) is 18.9 Å². The van der Waals surface area contributed by atoms with Gasteiger partial charge in [0, 0.05) is 6.54 Å². The van der Waals surface area contributed by atoms with Gasteiger partial charge in [0.25, 0.3) is 0 Å². The predicted molar refractivity (Wildman–Crippen MR) is 67.8 cm³/mol. The average Bonchev–Trinajstić information content (AvgIpc) is 2.37. The minimum absolute atomic E-state index is 0.135. The van der Waals surface area contributed by atoms with E-state index in [4.69, 9.17) is 14.6 Å². The first-order valence-corrected chi connectivity index (χ1v) is 5.83. The van der Waals surface area contributed by atoms with Crippen molar-refractivity contribution >= 4 is 5.91 Å². The monoisotopic (exact) mass is 253 g/mol. The molecule has 2 N–H and O–H groups in total. The van der Waals surface area contributed by atoms with Crippen molar-refractivity contribution in [1.82, 2.24) is 5.32 Å². The highest BCUT2D eigenvalue weighted by Crippen LogP contribution is 2.16. The number of aliphatic hydroxyl groups excluding tert-OH is 1. The smallest absolute Gasteiger partial charge is 0.223 e. The van der Waals surface area contributed by atoms with Gasteiger partial charge in [0.05, 0.1) is 26.2 Å². The van der Waals surface area contributed by atoms with Crippen LogP contribution in [-0.4, -0.2) is 37.4 Å². The first kappa shape index (κ1) is 14.3. The molecular formula is C13H19NO4. The number of hydrogen-bond acceptors (Lipinski definition) is 4. The molecule has 0 aliphatic heterocycles. The van der Waals surface area contributed by atoms with Gasteiger partial charge in [0.2, 0.25) is 5.91 Å². The van der Waals surface area contributed by atoms with Crippen LogP contribution in [0, 0.1) is 0 Å². The minimum atomic E-state index is -0.531. The van der Waals surface area contributed by atoms with Gasteiger partial charge >= 0.3 is 0 Å². The topological polar surface area (TPSA) is 67.8 Å². The zero-order valence-corrected chi connectivity index (χ0v) is 10.7. The molecule has 0 fully saturated rings. The normalized spacial score (nSPS) is 11.7. The molecule has 0 aliphatic carbocycles. The maximum atomic E-state index is 11.3. The summed E-state index contributed by atoms with van der Waals surface area (Å²) in [5.41, 5.74) is 0. The molecular weight excluding hydrogens is 234 g/mol. The van der Waals surface area contributed by atoms with Gasteiger partial charge in [0.15, 0.2) is 0 Å². The third-order valence-corrected chi connectivity index (χ3v) is 2.25. The summed E-state index contributed by atoms with van der Waals surface area (Å²) in [6.45, 7) is 2.19. The molecule has 0 unspecified atom stereocenters. The molecule has 0 saturated carbocycles. The Morgan fingerprint density at radius 1 is 1.33 bits per heavy atom. The second kappa shape index (κ2) is 7.55. The summed E-state index contributed by atoms with van der Waals surface area (Å²) in [7, 11) is 1.60. The van der Waals surface area contributed by atoms with E-state index < -0.39 is 6.10 Å². The molecule has 0 spiro atoms. The molecule has 100 valence electrons. The van der Waals surface area contributed by atoms with Crippen LogP contribution in [0.4, 0.5) is 0 Å². The third kappa shape index (κ3) is 5.54. The van der Waals surface area contributed by atoms with Crippen LogP contribution >= 0.6 is 0 Å². The van der Waals surface area contributed by atoms with Crippen LogP contribution in [-0.2, 0) is 4.79 Å². The van der Waals surface area contributed by atoms with Crippen molar-refractivity contribution in [2.24, 2.45) is 0 Å². The van der Waals surface area contributed by atoms with Crippen LogP contribution < -0.4 is 14.8 Å². The SMILES string of the molecule is COc1ccc(OCCC(=O)NC[C@H](C)O)cc1. The van der Waals surface area contributed by atoms with Crippen molar-refractivity contribution in [3.05, 3.63) is 24.3 Å². The molecule has 0 bridgehead atoms. The van der Waals surface area contributed by atoms with Crippen molar-refractivity contribution < 1.29 is 19.4 Å². The molecule has 0 radical (unpaired) electrons. The summed E-state index contributed by atoms with van der Waals surface area (Å²) < 4.78 is 10.4. The molecule has 1 amide bonds. The van der Waals surface area contributed by atoms with Gasteiger partial charge in [-0.15, -0.1) is 0 Å². The zero-order chi connectivity index (χ0) is 13.4. The Morgan fingerprint density at radius 2 is 1.94 bits per heavy atom. The van der Waals surface area contributed by atoms with Gasteiger partial charge < -0.3 is 19.9 Å². The average molecular weight is 253 g/mol. The molecule has 18 heavy (non-hydrogen) atoms. The Kier molecular flexibility index (Phi) is 6.00.